The van der Waals surface area contributed by atoms with E-state index in [0.717, 1.165) is 22.2 Å². The Balaban J connectivity index is 1.82. The molecule has 4 heteroatoms. The van der Waals surface area contributed by atoms with Crippen molar-refractivity contribution >= 4 is 33.1 Å². The first-order valence-corrected chi connectivity index (χ1v) is 9.03. The van der Waals surface area contributed by atoms with Crippen LogP contribution in [-0.4, -0.2) is 15.0 Å². The standard InChI is InChI=1S/C23H14ClN3/c24-22-14-21(26-23(27-22)15-9-11-25-12-10-15)20-13-16-5-1-2-6-17(16)18-7-3-4-8-19(18)20/h1-14H. The molecule has 0 fully saturated rings. The summed E-state index contributed by atoms with van der Waals surface area (Å²) in [6, 6.07) is 24.5. The maximum atomic E-state index is 6.35. The number of nitrogens with zero attached hydrogens (tertiary/aromatic N) is 3. The Morgan fingerprint density at radius 2 is 1.37 bits per heavy atom. The van der Waals surface area contributed by atoms with E-state index in [0.29, 0.717) is 11.0 Å². The summed E-state index contributed by atoms with van der Waals surface area (Å²) in [6.07, 6.45) is 3.45. The van der Waals surface area contributed by atoms with E-state index in [9.17, 15) is 0 Å². The maximum absolute atomic E-state index is 6.35. The Kier molecular flexibility index (Phi) is 3.80. The van der Waals surface area contributed by atoms with Crippen LogP contribution in [0.2, 0.25) is 5.15 Å². The third-order valence-corrected chi connectivity index (χ3v) is 4.87. The average Bonchev–Trinajstić information content (AvgIpc) is 2.73. The summed E-state index contributed by atoms with van der Waals surface area (Å²) in [5.74, 6) is 0.595. The first kappa shape index (κ1) is 15.9. The normalized spacial score (nSPS) is 11.1. The Hall–Kier alpha value is -3.30. The zero-order valence-electron chi connectivity index (χ0n) is 14.3. The van der Waals surface area contributed by atoms with Gasteiger partial charge < -0.3 is 0 Å². The van der Waals surface area contributed by atoms with Gasteiger partial charge in [-0.25, -0.2) is 9.97 Å². The van der Waals surface area contributed by atoms with Crippen LogP contribution in [0.25, 0.3) is 44.2 Å². The first-order chi connectivity index (χ1) is 13.3. The van der Waals surface area contributed by atoms with Crippen LogP contribution in [0, 0.1) is 0 Å². The Morgan fingerprint density at radius 3 is 2.19 bits per heavy atom. The van der Waals surface area contributed by atoms with Crippen LogP contribution >= 0.6 is 11.6 Å². The lowest BCUT2D eigenvalue weighted by molar-refractivity contribution is 1.17. The number of halogens is 1. The van der Waals surface area contributed by atoms with Crippen LogP contribution in [0.1, 0.15) is 0 Å². The highest BCUT2D eigenvalue weighted by molar-refractivity contribution is 6.29. The van der Waals surface area contributed by atoms with Gasteiger partial charge in [-0.1, -0.05) is 60.1 Å². The molecule has 3 nitrogen and oxygen atoms in total. The fourth-order valence-electron chi connectivity index (χ4n) is 3.45. The fourth-order valence-corrected chi connectivity index (χ4v) is 3.64. The molecule has 0 atom stereocenters. The Labute approximate surface area is 161 Å². The average molecular weight is 368 g/mol. The van der Waals surface area contributed by atoms with Gasteiger partial charge in [-0.15, -0.1) is 0 Å². The summed E-state index contributed by atoms with van der Waals surface area (Å²) in [7, 11) is 0. The predicted molar refractivity (Wildman–Crippen MR) is 111 cm³/mol. The lowest BCUT2D eigenvalue weighted by Crippen LogP contribution is -1.94. The second-order valence-electron chi connectivity index (χ2n) is 6.33. The number of hydrogen-bond acceptors (Lipinski definition) is 3. The molecule has 0 bridgehead atoms. The third kappa shape index (κ3) is 2.82. The number of fused-ring (bicyclic) bond motifs is 3. The SMILES string of the molecule is Clc1cc(-c2cc3ccccc3c3ccccc23)nc(-c2ccncc2)n1. The van der Waals surface area contributed by atoms with Gasteiger partial charge in [0.05, 0.1) is 5.69 Å². The summed E-state index contributed by atoms with van der Waals surface area (Å²) in [4.78, 5) is 13.3. The van der Waals surface area contributed by atoms with Gasteiger partial charge in [0.2, 0.25) is 0 Å². The smallest absolute Gasteiger partial charge is 0.161 e. The fraction of sp³-hybridized carbons (Fsp3) is 0. The Bertz CT molecular complexity index is 1280. The molecule has 2 heterocycles. The van der Waals surface area contributed by atoms with E-state index in [1.807, 2.05) is 24.3 Å². The number of aromatic nitrogens is 3. The molecule has 5 rings (SSSR count). The molecule has 0 amide bonds. The van der Waals surface area contributed by atoms with Gasteiger partial charge in [-0.3, -0.25) is 4.98 Å². The second kappa shape index (κ2) is 6.45. The summed E-state index contributed by atoms with van der Waals surface area (Å²) in [6.45, 7) is 0. The number of benzene rings is 3. The molecule has 3 aromatic carbocycles. The molecule has 0 spiro atoms. The minimum atomic E-state index is 0.420. The topological polar surface area (TPSA) is 38.7 Å². The highest BCUT2D eigenvalue weighted by Crippen LogP contribution is 2.35. The van der Waals surface area contributed by atoms with Gasteiger partial charge in [-0.2, -0.15) is 0 Å². The van der Waals surface area contributed by atoms with Gasteiger partial charge in [-0.05, 0) is 39.7 Å². The molecule has 0 radical (unpaired) electrons. The highest BCUT2D eigenvalue weighted by atomic mass is 35.5. The summed E-state index contributed by atoms with van der Waals surface area (Å²) in [5, 5.41) is 5.17. The summed E-state index contributed by atoms with van der Waals surface area (Å²) in [5.41, 5.74) is 2.74. The zero-order chi connectivity index (χ0) is 18.2. The lowest BCUT2D eigenvalue weighted by Gasteiger charge is -2.11. The van der Waals surface area contributed by atoms with E-state index >= 15 is 0 Å². The van der Waals surface area contributed by atoms with Crippen LogP contribution in [0.4, 0.5) is 0 Å². The van der Waals surface area contributed by atoms with Crippen molar-refractivity contribution < 1.29 is 0 Å². The van der Waals surface area contributed by atoms with Crippen molar-refractivity contribution in [3.8, 4) is 22.6 Å². The first-order valence-electron chi connectivity index (χ1n) is 8.65. The van der Waals surface area contributed by atoms with Gasteiger partial charge in [0.25, 0.3) is 0 Å². The van der Waals surface area contributed by atoms with Crippen LogP contribution in [-0.2, 0) is 0 Å². The van der Waals surface area contributed by atoms with Crippen molar-refractivity contribution in [3.05, 3.63) is 90.3 Å². The van der Waals surface area contributed by atoms with Gasteiger partial charge >= 0.3 is 0 Å². The van der Waals surface area contributed by atoms with Crippen LogP contribution in [0.5, 0.6) is 0 Å². The third-order valence-electron chi connectivity index (χ3n) is 4.68. The molecule has 0 aliphatic rings. The van der Waals surface area contributed by atoms with Crippen molar-refractivity contribution in [2.45, 2.75) is 0 Å². The van der Waals surface area contributed by atoms with E-state index in [-0.39, 0.29) is 0 Å². The largest absolute Gasteiger partial charge is 0.265 e. The van der Waals surface area contributed by atoms with Crippen molar-refractivity contribution in [2.75, 3.05) is 0 Å². The quantitative estimate of drug-likeness (QED) is 0.277. The highest BCUT2D eigenvalue weighted by Gasteiger charge is 2.12. The monoisotopic (exact) mass is 367 g/mol. The van der Waals surface area contributed by atoms with Crippen molar-refractivity contribution in [1.82, 2.24) is 15.0 Å². The van der Waals surface area contributed by atoms with E-state index < -0.39 is 0 Å². The molecular formula is C23H14ClN3. The minimum absolute atomic E-state index is 0.420. The van der Waals surface area contributed by atoms with E-state index in [2.05, 4.69) is 58.5 Å². The van der Waals surface area contributed by atoms with Crippen LogP contribution in [0.3, 0.4) is 0 Å². The van der Waals surface area contributed by atoms with E-state index in [1.54, 1.807) is 12.4 Å². The molecule has 0 aliphatic heterocycles. The predicted octanol–water partition coefficient (Wildman–Crippen LogP) is 6.17. The van der Waals surface area contributed by atoms with Crippen molar-refractivity contribution in [1.29, 1.82) is 0 Å². The number of hydrogen-bond donors (Lipinski definition) is 0. The van der Waals surface area contributed by atoms with E-state index in [1.165, 1.54) is 16.2 Å². The zero-order valence-corrected chi connectivity index (χ0v) is 15.1. The van der Waals surface area contributed by atoms with Crippen molar-refractivity contribution in [3.63, 3.8) is 0 Å². The van der Waals surface area contributed by atoms with Gasteiger partial charge in [0, 0.05) is 29.6 Å². The second-order valence-corrected chi connectivity index (χ2v) is 6.71. The Morgan fingerprint density at radius 1 is 0.667 bits per heavy atom. The molecule has 27 heavy (non-hydrogen) atoms. The van der Waals surface area contributed by atoms with E-state index in [4.69, 9.17) is 16.6 Å². The van der Waals surface area contributed by atoms with Crippen LogP contribution in [0.15, 0.2) is 85.2 Å². The molecule has 2 aromatic heterocycles. The van der Waals surface area contributed by atoms with Crippen LogP contribution < -0.4 is 0 Å². The molecular weight excluding hydrogens is 354 g/mol. The summed E-state index contributed by atoms with van der Waals surface area (Å²) >= 11 is 6.35. The van der Waals surface area contributed by atoms with Gasteiger partial charge in [0.15, 0.2) is 5.82 Å². The molecule has 0 saturated carbocycles. The molecule has 128 valence electrons. The molecule has 0 N–H and O–H groups in total. The molecule has 5 aromatic rings. The maximum Gasteiger partial charge on any atom is 0.161 e. The van der Waals surface area contributed by atoms with Gasteiger partial charge in [0.1, 0.15) is 5.15 Å². The number of pyridine rings is 1. The lowest BCUT2D eigenvalue weighted by atomic mass is 9.95. The molecule has 0 aliphatic carbocycles. The summed E-state index contributed by atoms with van der Waals surface area (Å²) < 4.78 is 0. The molecule has 0 saturated heterocycles. The van der Waals surface area contributed by atoms with Crippen molar-refractivity contribution in [2.24, 2.45) is 0 Å². The number of rotatable bonds is 2. The molecule has 0 unspecified atom stereocenters. The minimum Gasteiger partial charge on any atom is -0.265 e.